The maximum absolute atomic E-state index is 12.7. The van der Waals surface area contributed by atoms with Crippen LogP contribution in [0.3, 0.4) is 0 Å². The van der Waals surface area contributed by atoms with Crippen molar-refractivity contribution in [1.29, 1.82) is 0 Å². The molecule has 1 aromatic carbocycles. The van der Waals surface area contributed by atoms with Crippen molar-refractivity contribution < 1.29 is 14.0 Å². The largest absolute Gasteiger partial charge is 0.463 e. The quantitative estimate of drug-likeness (QED) is 0.686. The molecule has 1 heterocycles. The number of rotatable bonds is 0. The predicted molar refractivity (Wildman–Crippen MR) is 83.3 cm³/mol. The second-order valence-corrected chi connectivity index (χ2v) is 7.25. The van der Waals surface area contributed by atoms with Gasteiger partial charge in [-0.05, 0) is 48.3 Å². The Labute approximate surface area is 129 Å². The third-order valence-electron chi connectivity index (χ3n) is 5.02. The molecule has 0 spiro atoms. The summed E-state index contributed by atoms with van der Waals surface area (Å²) in [5.74, 6) is -0.240. The van der Waals surface area contributed by atoms with E-state index >= 15 is 0 Å². The molecule has 0 saturated heterocycles. The summed E-state index contributed by atoms with van der Waals surface area (Å²) in [6, 6.07) is 4.03. The van der Waals surface area contributed by atoms with Crippen molar-refractivity contribution in [2.75, 3.05) is 0 Å². The lowest BCUT2D eigenvalue weighted by Crippen LogP contribution is -2.28. The molecular weight excluding hydrogens is 276 g/mol. The molecule has 1 aromatic heterocycles. The van der Waals surface area contributed by atoms with Crippen molar-refractivity contribution in [2.24, 2.45) is 5.41 Å². The third kappa shape index (κ3) is 1.68. The van der Waals surface area contributed by atoms with Gasteiger partial charge >= 0.3 is 0 Å². The topological polar surface area (TPSA) is 47.3 Å². The number of carbonyl (C=O) groups excluding carboxylic acids is 2. The number of ketones is 2. The van der Waals surface area contributed by atoms with Crippen LogP contribution < -0.4 is 0 Å². The SMILES string of the molecule is Cc1coc2c1C(=O)C(=O)c1c-2ccc2c1CC(C)(C)CC2. The van der Waals surface area contributed by atoms with E-state index in [0.29, 0.717) is 16.9 Å². The Morgan fingerprint density at radius 3 is 2.59 bits per heavy atom. The predicted octanol–water partition coefficient (Wildman–Crippen LogP) is 4.15. The molecule has 22 heavy (non-hydrogen) atoms. The van der Waals surface area contributed by atoms with Gasteiger partial charge in [0.25, 0.3) is 0 Å². The molecular formula is C19H18O3. The first-order chi connectivity index (χ1) is 10.4. The maximum Gasteiger partial charge on any atom is 0.237 e. The van der Waals surface area contributed by atoms with Crippen LogP contribution in [-0.4, -0.2) is 11.6 Å². The average Bonchev–Trinajstić information content (AvgIpc) is 2.85. The van der Waals surface area contributed by atoms with Crippen molar-refractivity contribution in [3.8, 4) is 11.3 Å². The fraction of sp³-hybridized carbons (Fsp3) is 0.368. The molecule has 0 bridgehead atoms. The summed E-state index contributed by atoms with van der Waals surface area (Å²) in [7, 11) is 0. The van der Waals surface area contributed by atoms with Gasteiger partial charge in [0.15, 0.2) is 0 Å². The van der Waals surface area contributed by atoms with E-state index in [1.54, 1.807) is 13.2 Å². The normalized spacial score (nSPS) is 18.7. The number of furan rings is 1. The number of hydrogen-bond acceptors (Lipinski definition) is 3. The highest BCUT2D eigenvalue weighted by Crippen LogP contribution is 2.43. The maximum atomic E-state index is 12.7. The summed E-state index contributed by atoms with van der Waals surface area (Å²) in [5, 5.41) is 0. The first kappa shape index (κ1) is 13.5. The zero-order valence-electron chi connectivity index (χ0n) is 13.1. The van der Waals surface area contributed by atoms with Gasteiger partial charge in [-0.3, -0.25) is 9.59 Å². The lowest BCUT2D eigenvalue weighted by molar-refractivity contribution is 0.0813. The van der Waals surface area contributed by atoms with Crippen molar-refractivity contribution >= 4 is 11.6 Å². The van der Waals surface area contributed by atoms with E-state index in [2.05, 4.69) is 19.9 Å². The van der Waals surface area contributed by atoms with Crippen LogP contribution in [0.5, 0.6) is 0 Å². The van der Waals surface area contributed by atoms with Crippen molar-refractivity contribution in [1.82, 2.24) is 0 Å². The summed E-state index contributed by atoms with van der Waals surface area (Å²) in [5.41, 5.74) is 4.94. The Morgan fingerprint density at radius 2 is 1.82 bits per heavy atom. The average molecular weight is 294 g/mol. The molecule has 3 nitrogen and oxygen atoms in total. The molecule has 0 saturated carbocycles. The van der Waals surface area contributed by atoms with Crippen LogP contribution >= 0.6 is 0 Å². The fourth-order valence-electron chi connectivity index (χ4n) is 3.77. The second kappa shape index (κ2) is 4.19. The van der Waals surface area contributed by atoms with Crippen molar-refractivity contribution in [3.63, 3.8) is 0 Å². The summed E-state index contributed by atoms with van der Waals surface area (Å²) < 4.78 is 5.60. The van der Waals surface area contributed by atoms with Gasteiger partial charge < -0.3 is 4.42 Å². The Bertz CT molecular complexity index is 837. The van der Waals surface area contributed by atoms with Gasteiger partial charge in [0.1, 0.15) is 5.76 Å². The lowest BCUT2D eigenvalue weighted by atomic mass is 9.70. The van der Waals surface area contributed by atoms with E-state index in [1.807, 2.05) is 6.07 Å². The van der Waals surface area contributed by atoms with E-state index in [9.17, 15) is 9.59 Å². The number of aryl methyl sites for hydroxylation is 2. The Morgan fingerprint density at radius 1 is 1.09 bits per heavy atom. The van der Waals surface area contributed by atoms with E-state index in [0.717, 1.165) is 36.0 Å². The minimum absolute atomic E-state index is 0.158. The van der Waals surface area contributed by atoms with Crippen LogP contribution in [0.2, 0.25) is 0 Å². The first-order valence-corrected chi connectivity index (χ1v) is 7.71. The highest BCUT2D eigenvalue weighted by molar-refractivity contribution is 6.53. The Hall–Kier alpha value is -2.16. The molecule has 2 aliphatic rings. The van der Waals surface area contributed by atoms with Gasteiger partial charge in [0.05, 0.1) is 11.8 Å². The fourth-order valence-corrected chi connectivity index (χ4v) is 3.77. The van der Waals surface area contributed by atoms with Gasteiger partial charge in [-0.15, -0.1) is 0 Å². The molecule has 0 N–H and O–H groups in total. The van der Waals surface area contributed by atoms with Crippen molar-refractivity contribution in [3.05, 3.63) is 46.2 Å². The zero-order valence-corrected chi connectivity index (χ0v) is 13.1. The summed E-state index contributed by atoms with van der Waals surface area (Å²) in [6.45, 7) is 6.24. The number of benzene rings is 1. The van der Waals surface area contributed by atoms with Crippen LogP contribution in [0.4, 0.5) is 0 Å². The van der Waals surface area contributed by atoms with Crippen LogP contribution in [0.15, 0.2) is 22.8 Å². The van der Waals surface area contributed by atoms with Crippen LogP contribution in [0, 0.1) is 12.3 Å². The van der Waals surface area contributed by atoms with E-state index in [1.165, 1.54) is 5.56 Å². The van der Waals surface area contributed by atoms with Crippen LogP contribution in [-0.2, 0) is 12.8 Å². The lowest BCUT2D eigenvalue weighted by Gasteiger charge is -2.33. The molecule has 0 fully saturated rings. The van der Waals surface area contributed by atoms with E-state index in [-0.39, 0.29) is 11.2 Å². The first-order valence-electron chi connectivity index (χ1n) is 7.71. The zero-order chi connectivity index (χ0) is 15.6. The van der Waals surface area contributed by atoms with Crippen LogP contribution in [0.25, 0.3) is 11.3 Å². The standard InChI is InChI=1S/C19H18O3/c1-10-9-22-18-12-5-4-11-6-7-19(2,3)8-13(11)15(12)17(21)16(20)14(10)18/h4-5,9H,6-8H2,1-3H3. The Balaban J connectivity index is 2.03. The molecule has 0 amide bonds. The van der Waals surface area contributed by atoms with Crippen molar-refractivity contribution in [2.45, 2.75) is 40.0 Å². The summed E-state index contributed by atoms with van der Waals surface area (Å²) >= 11 is 0. The molecule has 3 heteroatoms. The number of carbonyl (C=O) groups is 2. The van der Waals surface area contributed by atoms with Gasteiger partial charge in [-0.1, -0.05) is 26.0 Å². The van der Waals surface area contributed by atoms with Crippen LogP contribution in [0.1, 0.15) is 57.7 Å². The molecule has 112 valence electrons. The monoisotopic (exact) mass is 294 g/mol. The minimum atomic E-state index is -0.425. The second-order valence-electron chi connectivity index (χ2n) is 7.25. The molecule has 0 atom stereocenters. The number of hydrogen-bond donors (Lipinski definition) is 0. The number of fused-ring (bicyclic) bond motifs is 5. The highest BCUT2D eigenvalue weighted by Gasteiger charge is 2.38. The Kier molecular flexibility index (Phi) is 2.57. The summed E-state index contributed by atoms with van der Waals surface area (Å²) in [4.78, 5) is 25.2. The van der Waals surface area contributed by atoms with Gasteiger partial charge in [0.2, 0.25) is 11.6 Å². The minimum Gasteiger partial charge on any atom is -0.463 e. The van der Waals surface area contributed by atoms with Gasteiger partial charge in [-0.25, -0.2) is 0 Å². The van der Waals surface area contributed by atoms with E-state index in [4.69, 9.17) is 4.42 Å². The molecule has 0 unspecified atom stereocenters. The molecule has 2 aliphatic carbocycles. The van der Waals surface area contributed by atoms with Gasteiger partial charge in [0, 0.05) is 11.1 Å². The number of Topliss-reactive ketones (excluding diaryl/α,β-unsaturated/α-hetero) is 2. The molecule has 2 aromatic rings. The van der Waals surface area contributed by atoms with E-state index < -0.39 is 5.78 Å². The highest BCUT2D eigenvalue weighted by atomic mass is 16.3. The molecule has 0 aliphatic heterocycles. The molecule has 4 rings (SSSR count). The smallest absolute Gasteiger partial charge is 0.237 e. The third-order valence-corrected chi connectivity index (χ3v) is 5.02. The molecule has 0 radical (unpaired) electrons. The summed E-state index contributed by atoms with van der Waals surface area (Å²) in [6.07, 6.45) is 4.46. The van der Waals surface area contributed by atoms with Gasteiger partial charge in [-0.2, -0.15) is 0 Å².